The largest absolute Gasteiger partial charge is 0.479 e. The molecule has 0 saturated heterocycles. The van der Waals surface area contributed by atoms with Crippen LogP contribution in [-0.4, -0.2) is 50.4 Å². The van der Waals surface area contributed by atoms with E-state index in [1.807, 2.05) is 24.3 Å². The van der Waals surface area contributed by atoms with Crippen LogP contribution in [0.25, 0.3) is 0 Å². The van der Waals surface area contributed by atoms with Gasteiger partial charge in [-0.25, -0.2) is 22.4 Å². The first-order valence-electron chi connectivity index (χ1n) is 13.2. The summed E-state index contributed by atoms with van der Waals surface area (Å²) in [6, 6.07) is 16.8. The smallest absolute Gasteiger partial charge is 0.340 e. The molecule has 0 aliphatic heterocycles. The van der Waals surface area contributed by atoms with Crippen molar-refractivity contribution in [3.8, 4) is 0 Å². The molecule has 1 heterocycles. The van der Waals surface area contributed by atoms with E-state index in [-0.39, 0.29) is 16.3 Å². The van der Waals surface area contributed by atoms with Crippen LogP contribution in [0.4, 0.5) is 19.9 Å². The molecular weight excluding hydrogens is 569 g/mol. The average molecular weight is 602 g/mol. The Morgan fingerprint density at radius 1 is 1.00 bits per heavy atom. The van der Waals surface area contributed by atoms with Crippen molar-refractivity contribution < 1.29 is 32.3 Å². The van der Waals surface area contributed by atoms with Crippen molar-refractivity contribution in [2.24, 2.45) is 0 Å². The number of thiophene rings is 1. The maximum atomic E-state index is 13.5. The Kier molecular flexibility index (Phi) is 9.77. The molecule has 3 amide bonds. The van der Waals surface area contributed by atoms with E-state index < -0.39 is 40.5 Å². The molecule has 3 aromatic rings. The van der Waals surface area contributed by atoms with Gasteiger partial charge in [-0.3, -0.25) is 15.0 Å². The molecule has 1 unspecified atom stereocenters. The minimum absolute atomic E-state index is 0.145. The number of carboxylic acid groups (broad SMARTS) is 1. The Labute approximate surface area is 242 Å². The summed E-state index contributed by atoms with van der Waals surface area (Å²) in [4.78, 5) is 37.9. The number of sulfone groups is 1. The second kappa shape index (κ2) is 13.3. The molecule has 1 saturated carbocycles. The van der Waals surface area contributed by atoms with Crippen LogP contribution < -0.4 is 15.5 Å². The zero-order valence-corrected chi connectivity index (χ0v) is 24.1. The van der Waals surface area contributed by atoms with E-state index in [4.69, 9.17) is 5.11 Å². The maximum Gasteiger partial charge on any atom is 0.340 e. The van der Waals surface area contributed by atoms with Crippen LogP contribution in [0.3, 0.4) is 0 Å². The molecule has 218 valence electrons. The molecule has 0 radical (unpaired) electrons. The van der Waals surface area contributed by atoms with E-state index in [0.29, 0.717) is 22.2 Å². The molecule has 9 nitrogen and oxygen atoms in total. The van der Waals surface area contributed by atoms with Crippen LogP contribution in [0.5, 0.6) is 0 Å². The molecular formula is C29H32FN3O6S2. The van der Waals surface area contributed by atoms with Gasteiger partial charge in [0, 0.05) is 17.5 Å². The third kappa shape index (κ3) is 8.14. The lowest BCUT2D eigenvalue weighted by atomic mass is 9.84. The molecule has 2 aromatic carbocycles. The molecule has 0 spiro atoms. The summed E-state index contributed by atoms with van der Waals surface area (Å²) in [6.45, 7) is -0.503. The van der Waals surface area contributed by atoms with Gasteiger partial charge in [-0.15, -0.1) is 11.3 Å². The number of amides is 3. The number of hydrogen-bond donors (Lipinski definition) is 3. The summed E-state index contributed by atoms with van der Waals surface area (Å²) in [5, 5.41) is 14.1. The molecule has 0 bridgehead atoms. The van der Waals surface area contributed by atoms with E-state index in [1.54, 1.807) is 18.2 Å². The van der Waals surface area contributed by atoms with Gasteiger partial charge in [0.15, 0.2) is 9.84 Å². The third-order valence-corrected chi connectivity index (χ3v) is 9.79. The highest BCUT2D eigenvalue weighted by Crippen LogP contribution is 2.34. The van der Waals surface area contributed by atoms with Crippen LogP contribution in [0, 0.1) is 0 Å². The summed E-state index contributed by atoms with van der Waals surface area (Å²) in [5.74, 6) is -1.77. The van der Waals surface area contributed by atoms with Gasteiger partial charge in [0.2, 0.25) is 6.17 Å². The fourth-order valence-corrected chi connectivity index (χ4v) is 6.54. The summed E-state index contributed by atoms with van der Waals surface area (Å²) in [7, 11) is -3.41. The molecule has 3 N–H and O–H groups in total. The molecule has 1 fully saturated rings. The van der Waals surface area contributed by atoms with Crippen LogP contribution in [0.1, 0.15) is 59.5 Å². The van der Waals surface area contributed by atoms with Gasteiger partial charge in [-0.1, -0.05) is 43.5 Å². The second-order valence-corrected chi connectivity index (χ2v) is 13.4. The van der Waals surface area contributed by atoms with Crippen molar-refractivity contribution in [2.75, 3.05) is 23.0 Å². The third-order valence-electron chi connectivity index (χ3n) is 6.97. The topological polar surface area (TPSA) is 133 Å². The van der Waals surface area contributed by atoms with Crippen LogP contribution in [0.15, 0.2) is 64.9 Å². The predicted octanol–water partition coefficient (Wildman–Crippen LogP) is 5.59. The summed E-state index contributed by atoms with van der Waals surface area (Å²) in [5.41, 5.74) is 2.79. The number of urea groups is 1. The lowest BCUT2D eigenvalue weighted by molar-refractivity contribution is -0.142. The molecule has 1 aliphatic carbocycles. The van der Waals surface area contributed by atoms with Crippen molar-refractivity contribution in [1.29, 1.82) is 0 Å². The van der Waals surface area contributed by atoms with Gasteiger partial charge in [-0.05, 0) is 66.3 Å². The number of nitrogens with zero attached hydrogens (tertiary/aromatic N) is 1. The van der Waals surface area contributed by atoms with Crippen molar-refractivity contribution >= 4 is 49.8 Å². The van der Waals surface area contributed by atoms with Gasteiger partial charge >= 0.3 is 12.0 Å². The first-order chi connectivity index (χ1) is 19.5. The van der Waals surface area contributed by atoms with Crippen LogP contribution in [0.2, 0.25) is 0 Å². The number of benzene rings is 2. The monoisotopic (exact) mass is 601 g/mol. The molecule has 4 rings (SSSR count). The van der Waals surface area contributed by atoms with Gasteiger partial charge in [-0.2, -0.15) is 0 Å². The Bertz CT molecular complexity index is 1480. The summed E-state index contributed by atoms with van der Waals surface area (Å²) in [6.07, 6.45) is 4.87. The van der Waals surface area contributed by atoms with E-state index in [1.165, 1.54) is 47.9 Å². The van der Waals surface area contributed by atoms with Gasteiger partial charge in [0.05, 0.1) is 18.1 Å². The normalized spacial score (nSPS) is 14.7. The van der Waals surface area contributed by atoms with E-state index in [2.05, 4.69) is 10.6 Å². The van der Waals surface area contributed by atoms with Crippen molar-refractivity contribution in [3.05, 3.63) is 77.4 Å². The molecule has 12 heteroatoms. The zero-order chi connectivity index (χ0) is 29.6. The number of anilines is 2. The minimum Gasteiger partial charge on any atom is -0.479 e. The number of hydrogen-bond acceptors (Lipinski definition) is 6. The molecule has 1 aliphatic rings. The Hall–Kier alpha value is -3.77. The Morgan fingerprint density at radius 3 is 2.24 bits per heavy atom. The fourth-order valence-electron chi connectivity index (χ4n) is 4.72. The zero-order valence-electron chi connectivity index (χ0n) is 22.5. The highest BCUT2D eigenvalue weighted by Gasteiger charge is 2.21. The van der Waals surface area contributed by atoms with E-state index >= 15 is 0 Å². The Morgan fingerprint density at radius 2 is 1.66 bits per heavy atom. The SMILES string of the molecule is CS(=O)(=O)c1ccc(NC(=O)N(Cc2ccc(C(=O)NCC(F)C(=O)O)cc2)c2ccc(C3CCCCC3)cc2)s1. The lowest BCUT2D eigenvalue weighted by Gasteiger charge is -2.25. The number of halogens is 1. The fraction of sp³-hybridized carbons (Fsp3) is 0.345. The minimum atomic E-state index is -3.41. The first kappa shape index (κ1) is 30.2. The van der Waals surface area contributed by atoms with Crippen LogP contribution in [-0.2, 0) is 21.2 Å². The highest BCUT2D eigenvalue weighted by atomic mass is 32.2. The van der Waals surface area contributed by atoms with E-state index in [9.17, 15) is 27.2 Å². The van der Waals surface area contributed by atoms with Crippen LogP contribution >= 0.6 is 11.3 Å². The number of nitrogens with one attached hydrogen (secondary N) is 2. The quantitative estimate of drug-likeness (QED) is 0.278. The Balaban J connectivity index is 1.52. The predicted molar refractivity (Wildman–Crippen MR) is 156 cm³/mol. The van der Waals surface area contributed by atoms with Crippen molar-refractivity contribution in [3.63, 3.8) is 0 Å². The molecule has 1 atom stereocenters. The number of rotatable bonds is 10. The summed E-state index contributed by atoms with van der Waals surface area (Å²) >= 11 is 0.967. The van der Waals surface area contributed by atoms with E-state index in [0.717, 1.165) is 30.4 Å². The molecule has 41 heavy (non-hydrogen) atoms. The lowest BCUT2D eigenvalue weighted by Crippen LogP contribution is -2.34. The second-order valence-electron chi connectivity index (χ2n) is 10.0. The van der Waals surface area contributed by atoms with Gasteiger partial charge in [0.25, 0.3) is 5.91 Å². The average Bonchev–Trinajstić information content (AvgIpc) is 3.44. The first-order valence-corrected chi connectivity index (χ1v) is 15.9. The number of carbonyl (C=O) groups excluding carboxylic acids is 2. The van der Waals surface area contributed by atoms with Gasteiger partial charge in [0.1, 0.15) is 4.21 Å². The standard InChI is InChI=1S/C29H32FN3O6S2/c1-41(38,39)26-16-15-25(40-26)32-29(37)33(23-13-11-21(12-14-23)20-5-3-2-4-6-20)18-19-7-9-22(10-8-19)27(34)31-17-24(30)28(35)36/h7-16,20,24H,2-6,17-18H2,1H3,(H,31,34)(H,32,37)(H,35,36). The molecule has 1 aromatic heterocycles. The summed E-state index contributed by atoms with van der Waals surface area (Å²) < 4.78 is 37.2. The number of aliphatic carboxylic acids is 1. The number of alkyl halides is 1. The van der Waals surface area contributed by atoms with Gasteiger partial charge < -0.3 is 10.4 Å². The van der Waals surface area contributed by atoms with Crippen molar-refractivity contribution in [2.45, 2.75) is 54.9 Å². The number of carboxylic acids is 1. The van der Waals surface area contributed by atoms with Crippen molar-refractivity contribution in [1.82, 2.24) is 5.32 Å². The maximum absolute atomic E-state index is 13.5. The highest BCUT2D eigenvalue weighted by molar-refractivity contribution is 7.92. The number of carbonyl (C=O) groups is 3.